The molecule has 0 saturated heterocycles. The Bertz CT molecular complexity index is 109. The molecule has 0 N–H and O–H groups in total. The number of hydrogen-bond donors (Lipinski definition) is 0. The molecule has 0 amide bonds. The first-order valence-electron chi connectivity index (χ1n) is 5.32. The fraction of sp³-hybridized carbons (Fsp3) is 1.00. The first kappa shape index (κ1) is 13.4. The molecule has 0 aliphatic heterocycles. The van der Waals surface area contributed by atoms with Crippen LogP contribution in [0.15, 0.2) is 0 Å². The standard InChI is InChI=1S/C11H24BrN/c1-6-13(10(4)5)8-11(7-12)9(2)3/h9-11H,6-8H2,1-5H3. The summed E-state index contributed by atoms with van der Waals surface area (Å²) in [5, 5.41) is 1.12. The van der Waals surface area contributed by atoms with Crippen LogP contribution < -0.4 is 0 Å². The maximum Gasteiger partial charge on any atom is 0.00743 e. The third-order valence-electron chi connectivity index (χ3n) is 2.75. The summed E-state index contributed by atoms with van der Waals surface area (Å²) < 4.78 is 0. The molecular weight excluding hydrogens is 226 g/mol. The molecule has 0 rings (SSSR count). The van der Waals surface area contributed by atoms with E-state index in [1.807, 2.05) is 0 Å². The monoisotopic (exact) mass is 249 g/mol. The highest BCUT2D eigenvalue weighted by molar-refractivity contribution is 9.09. The molecule has 1 unspecified atom stereocenters. The van der Waals surface area contributed by atoms with E-state index in [1.54, 1.807) is 0 Å². The summed E-state index contributed by atoms with van der Waals surface area (Å²) in [5.41, 5.74) is 0. The molecule has 1 atom stereocenters. The van der Waals surface area contributed by atoms with E-state index in [4.69, 9.17) is 0 Å². The predicted molar refractivity (Wildman–Crippen MR) is 64.5 cm³/mol. The van der Waals surface area contributed by atoms with Crippen molar-refractivity contribution in [2.45, 2.75) is 40.7 Å². The lowest BCUT2D eigenvalue weighted by Gasteiger charge is -2.30. The van der Waals surface area contributed by atoms with Gasteiger partial charge < -0.3 is 4.90 Å². The van der Waals surface area contributed by atoms with Crippen LogP contribution in [-0.2, 0) is 0 Å². The molecule has 0 fully saturated rings. The minimum atomic E-state index is 0.672. The summed E-state index contributed by atoms with van der Waals surface area (Å²) in [6.45, 7) is 13.8. The van der Waals surface area contributed by atoms with Crippen LogP contribution in [0.5, 0.6) is 0 Å². The summed E-state index contributed by atoms with van der Waals surface area (Å²) in [4.78, 5) is 2.53. The van der Waals surface area contributed by atoms with Gasteiger partial charge in [-0.25, -0.2) is 0 Å². The number of nitrogens with zero attached hydrogens (tertiary/aromatic N) is 1. The summed E-state index contributed by atoms with van der Waals surface area (Å²) in [6.07, 6.45) is 0. The van der Waals surface area contributed by atoms with Crippen LogP contribution in [0.1, 0.15) is 34.6 Å². The van der Waals surface area contributed by atoms with Crippen molar-refractivity contribution >= 4 is 15.9 Å². The van der Waals surface area contributed by atoms with Crippen LogP contribution in [0.3, 0.4) is 0 Å². The number of alkyl halides is 1. The second kappa shape index (κ2) is 6.83. The quantitative estimate of drug-likeness (QED) is 0.653. The summed E-state index contributed by atoms with van der Waals surface area (Å²) in [6, 6.07) is 0.672. The van der Waals surface area contributed by atoms with Gasteiger partial charge in [0.1, 0.15) is 0 Å². The van der Waals surface area contributed by atoms with Gasteiger partial charge in [0.15, 0.2) is 0 Å². The van der Waals surface area contributed by atoms with Gasteiger partial charge in [-0.2, -0.15) is 0 Å². The third kappa shape index (κ3) is 5.02. The topological polar surface area (TPSA) is 3.24 Å². The van der Waals surface area contributed by atoms with Crippen LogP contribution in [0.2, 0.25) is 0 Å². The molecule has 0 radical (unpaired) electrons. The van der Waals surface area contributed by atoms with Gasteiger partial charge in [0, 0.05) is 17.9 Å². The van der Waals surface area contributed by atoms with Crippen molar-refractivity contribution in [3.8, 4) is 0 Å². The smallest absolute Gasteiger partial charge is 0.00743 e. The maximum atomic E-state index is 3.60. The Labute approximate surface area is 92.0 Å². The Hall–Kier alpha value is 0.440. The fourth-order valence-electron chi connectivity index (χ4n) is 1.44. The molecule has 80 valence electrons. The highest BCUT2D eigenvalue weighted by atomic mass is 79.9. The average Bonchev–Trinajstić information content (AvgIpc) is 2.05. The molecule has 0 aliphatic carbocycles. The Morgan fingerprint density at radius 2 is 1.69 bits per heavy atom. The summed E-state index contributed by atoms with van der Waals surface area (Å²) in [5.74, 6) is 1.55. The van der Waals surface area contributed by atoms with Gasteiger partial charge >= 0.3 is 0 Å². The molecule has 0 aliphatic rings. The van der Waals surface area contributed by atoms with Gasteiger partial charge in [0.25, 0.3) is 0 Å². The van der Waals surface area contributed by atoms with Gasteiger partial charge in [-0.1, -0.05) is 36.7 Å². The van der Waals surface area contributed by atoms with Crippen molar-refractivity contribution in [2.24, 2.45) is 11.8 Å². The van der Waals surface area contributed by atoms with Crippen LogP contribution in [0, 0.1) is 11.8 Å². The number of halogens is 1. The van der Waals surface area contributed by atoms with Crippen molar-refractivity contribution in [1.82, 2.24) is 4.90 Å². The van der Waals surface area contributed by atoms with Gasteiger partial charge in [-0.3, -0.25) is 0 Å². The highest BCUT2D eigenvalue weighted by Crippen LogP contribution is 2.16. The Kier molecular flexibility index (Phi) is 7.06. The van der Waals surface area contributed by atoms with Crippen molar-refractivity contribution in [3.63, 3.8) is 0 Å². The minimum absolute atomic E-state index is 0.672. The van der Waals surface area contributed by atoms with Crippen molar-refractivity contribution < 1.29 is 0 Å². The molecule has 0 heterocycles. The zero-order chi connectivity index (χ0) is 10.4. The zero-order valence-corrected chi connectivity index (χ0v) is 11.3. The first-order chi connectivity index (χ1) is 6.02. The van der Waals surface area contributed by atoms with Gasteiger partial charge in [-0.15, -0.1) is 0 Å². The third-order valence-corrected chi connectivity index (χ3v) is 3.58. The van der Waals surface area contributed by atoms with Crippen molar-refractivity contribution in [3.05, 3.63) is 0 Å². The van der Waals surface area contributed by atoms with E-state index in [2.05, 4.69) is 55.4 Å². The molecule has 0 aromatic heterocycles. The zero-order valence-electron chi connectivity index (χ0n) is 9.68. The van der Waals surface area contributed by atoms with Crippen LogP contribution in [-0.4, -0.2) is 29.4 Å². The Morgan fingerprint density at radius 1 is 1.15 bits per heavy atom. The molecule has 0 bridgehead atoms. The average molecular weight is 250 g/mol. The van der Waals surface area contributed by atoms with Gasteiger partial charge in [-0.05, 0) is 32.2 Å². The van der Waals surface area contributed by atoms with E-state index in [1.165, 1.54) is 6.54 Å². The van der Waals surface area contributed by atoms with Crippen LogP contribution >= 0.6 is 15.9 Å². The van der Waals surface area contributed by atoms with E-state index in [9.17, 15) is 0 Å². The Morgan fingerprint density at radius 3 is 1.92 bits per heavy atom. The SMILES string of the molecule is CCN(CC(CBr)C(C)C)C(C)C. The van der Waals surface area contributed by atoms with Crippen LogP contribution in [0.4, 0.5) is 0 Å². The van der Waals surface area contributed by atoms with E-state index < -0.39 is 0 Å². The molecule has 0 aromatic carbocycles. The molecule has 13 heavy (non-hydrogen) atoms. The van der Waals surface area contributed by atoms with E-state index >= 15 is 0 Å². The summed E-state index contributed by atoms with van der Waals surface area (Å²) in [7, 11) is 0. The molecule has 0 spiro atoms. The lowest BCUT2D eigenvalue weighted by atomic mass is 9.97. The van der Waals surface area contributed by atoms with Gasteiger partial charge in [0.05, 0.1) is 0 Å². The van der Waals surface area contributed by atoms with Crippen molar-refractivity contribution in [2.75, 3.05) is 18.4 Å². The Balaban J connectivity index is 4.03. The largest absolute Gasteiger partial charge is 0.301 e. The first-order valence-corrected chi connectivity index (χ1v) is 6.45. The minimum Gasteiger partial charge on any atom is -0.301 e. The lowest BCUT2D eigenvalue weighted by molar-refractivity contribution is 0.184. The molecular formula is C11H24BrN. The van der Waals surface area contributed by atoms with Crippen LogP contribution in [0.25, 0.3) is 0 Å². The van der Waals surface area contributed by atoms with E-state index in [0.717, 1.165) is 23.7 Å². The predicted octanol–water partition coefficient (Wildman–Crippen LogP) is 3.38. The second-order valence-electron chi connectivity index (χ2n) is 4.34. The van der Waals surface area contributed by atoms with Gasteiger partial charge in [0.2, 0.25) is 0 Å². The fourth-order valence-corrected chi connectivity index (χ4v) is 2.40. The maximum absolute atomic E-state index is 3.60. The lowest BCUT2D eigenvalue weighted by Crippen LogP contribution is -2.37. The van der Waals surface area contributed by atoms with E-state index in [0.29, 0.717) is 6.04 Å². The van der Waals surface area contributed by atoms with Crippen molar-refractivity contribution in [1.29, 1.82) is 0 Å². The number of rotatable bonds is 6. The molecule has 0 aromatic rings. The number of hydrogen-bond acceptors (Lipinski definition) is 1. The highest BCUT2D eigenvalue weighted by Gasteiger charge is 2.16. The van der Waals surface area contributed by atoms with E-state index in [-0.39, 0.29) is 0 Å². The summed E-state index contributed by atoms with van der Waals surface area (Å²) >= 11 is 3.60. The molecule has 1 nitrogen and oxygen atoms in total. The second-order valence-corrected chi connectivity index (χ2v) is 4.99. The normalized spacial score (nSPS) is 14.5. The molecule has 2 heteroatoms. The molecule has 0 saturated carbocycles.